The van der Waals surface area contributed by atoms with Crippen molar-refractivity contribution in [3.63, 3.8) is 0 Å². The molecule has 2 amide bonds. The summed E-state index contributed by atoms with van der Waals surface area (Å²) in [5.74, 6) is -3.44. The summed E-state index contributed by atoms with van der Waals surface area (Å²) < 4.78 is 13.3. The van der Waals surface area contributed by atoms with Crippen LogP contribution in [0.4, 0.5) is 4.39 Å². The summed E-state index contributed by atoms with van der Waals surface area (Å²) in [4.78, 5) is 37.0. The first-order chi connectivity index (χ1) is 11.0. The average Bonchev–Trinajstić information content (AvgIpc) is 2.77. The highest BCUT2D eigenvalue weighted by molar-refractivity contribution is 6.22. The van der Waals surface area contributed by atoms with Gasteiger partial charge in [0.2, 0.25) is 0 Å². The predicted octanol–water partition coefficient (Wildman–Crippen LogP) is 2.12. The van der Waals surface area contributed by atoms with Crippen molar-refractivity contribution in [3.8, 4) is 0 Å². The number of amides is 2. The number of hydrogen-bond acceptors (Lipinski definition) is 3. The van der Waals surface area contributed by atoms with Crippen molar-refractivity contribution in [1.29, 1.82) is 0 Å². The Hall–Kier alpha value is -3.02. The van der Waals surface area contributed by atoms with Crippen molar-refractivity contribution in [2.75, 3.05) is 0 Å². The number of nitrogens with zero attached hydrogens (tertiary/aromatic N) is 1. The highest BCUT2D eigenvalue weighted by atomic mass is 19.1. The Labute approximate surface area is 131 Å². The molecule has 0 radical (unpaired) electrons. The second kappa shape index (κ2) is 5.64. The van der Waals surface area contributed by atoms with Gasteiger partial charge < -0.3 is 5.11 Å². The standard InChI is InChI=1S/C17H12FNO4/c18-11-6-7-12-13(9-11)16(21)19(15(12)20)14(17(22)23)8-10-4-2-1-3-5-10/h1-7,9,14H,8H2,(H,22,23). The lowest BCUT2D eigenvalue weighted by molar-refractivity contribution is -0.141. The summed E-state index contributed by atoms with van der Waals surface area (Å²) in [6, 6.07) is 10.6. The lowest BCUT2D eigenvalue weighted by Gasteiger charge is -2.22. The van der Waals surface area contributed by atoms with Crippen LogP contribution in [0.5, 0.6) is 0 Å². The van der Waals surface area contributed by atoms with Gasteiger partial charge in [-0.05, 0) is 23.8 Å². The van der Waals surface area contributed by atoms with Crippen LogP contribution in [0.25, 0.3) is 0 Å². The van der Waals surface area contributed by atoms with Crippen molar-refractivity contribution in [2.24, 2.45) is 0 Å². The summed E-state index contributed by atoms with van der Waals surface area (Å²) in [5, 5.41) is 9.44. The molecule has 5 nitrogen and oxygen atoms in total. The van der Waals surface area contributed by atoms with E-state index < -0.39 is 29.6 Å². The van der Waals surface area contributed by atoms with Crippen LogP contribution in [-0.4, -0.2) is 33.8 Å². The molecule has 0 saturated heterocycles. The summed E-state index contributed by atoms with van der Waals surface area (Å²) in [6.45, 7) is 0. The molecular formula is C17H12FNO4. The van der Waals surface area contributed by atoms with Gasteiger partial charge in [0.1, 0.15) is 11.9 Å². The maximum absolute atomic E-state index is 13.3. The van der Waals surface area contributed by atoms with Gasteiger partial charge in [-0.25, -0.2) is 9.18 Å². The number of hydrogen-bond donors (Lipinski definition) is 1. The SMILES string of the molecule is O=C(O)C(Cc1ccccc1)N1C(=O)c2ccc(F)cc2C1=O. The van der Waals surface area contributed by atoms with Crippen molar-refractivity contribution >= 4 is 17.8 Å². The van der Waals surface area contributed by atoms with Gasteiger partial charge in [-0.2, -0.15) is 0 Å². The van der Waals surface area contributed by atoms with Gasteiger partial charge in [0, 0.05) is 6.42 Å². The molecule has 6 heteroatoms. The minimum Gasteiger partial charge on any atom is -0.480 e. The molecule has 0 saturated carbocycles. The van der Waals surface area contributed by atoms with Crippen molar-refractivity contribution in [1.82, 2.24) is 4.90 Å². The zero-order chi connectivity index (χ0) is 16.6. The fourth-order valence-corrected chi connectivity index (χ4v) is 2.64. The molecule has 116 valence electrons. The molecule has 1 aliphatic heterocycles. The molecule has 1 atom stereocenters. The lowest BCUT2D eigenvalue weighted by atomic mass is 10.0. The molecule has 1 unspecified atom stereocenters. The molecular weight excluding hydrogens is 301 g/mol. The Morgan fingerprint density at radius 2 is 1.70 bits per heavy atom. The van der Waals surface area contributed by atoms with E-state index in [2.05, 4.69) is 0 Å². The number of aliphatic carboxylic acids is 1. The molecule has 1 heterocycles. The van der Waals surface area contributed by atoms with E-state index in [9.17, 15) is 23.9 Å². The highest BCUT2D eigenvalue weighted by Gasteiger charge is 2.43. The van der Waals surface area contributed by atoms with Crippen molar-refractivity contribution in [2.45, 2.75) is 12.5 Å². The Morgan fingerprint density at radius 1 is 1.04 bits per heavy atom. The summed E-state index contributed by atoms with van der Waals surface area (Å²) in [6.07, 6.45) is -0.00980. The first kappa shape index (κ1) is 14.9. The molecule has 2 aromatic carbocycles. The fourth-order valence-electron chi connectivity index (χ4n) is 2.64. The number of halogens is 1. The van der Waals surface area contributed by atoms with Gasteiger partial charge in [0.05, 0.1) is 11.1 Å². The Bertz CT molecular complexity index is 803. The topological polar surface area (TPSA) is 74.7 Å². The van der Waals surface area contributed by atoms with Gasteiger partial charge in [-0.3, -0.25) is 14.5 Å². The molecule has 2 aromatic rings. The number of carboxylic acid groups (broad SMARTS) is 1. The van der Waals surface area contributed by atoms with Crippen LogP contribution in [0.15, 0.2) is 48.5 Å². The Kier molecular flexibility index (Phi) is 3.65. The third-order valence-electron chi connectivity index (χ3n) is 3.75. The van der Waals surface area contributed by atoms with Gasteiger partial charge >= 0.3 is 5.97 Å². The normalized spacial score (nSPS) is 14.7. The molecule has 23 heavy (non-hydrogen) atoms. The molecule has 0 aliphatic carbocycles. The van der Waals surface area contributed by atoms with E-state index >= 15 is 0 Å². The fraction of sp³-hybridized carbons (Fsp3) is 0.118. The van der Waals surface area contributed by atoms with Crippen LogP contribution in [0.2, 0.25) is 0 Å². The Morgan fingerprint density at radius 3 is 2.35 bits per heavy atom. The summed E-state index contributed by atoms with van der Waals surface area (Å²) in [5.41, 5.74) is 0.604. The summed E-state index contributed by atoms with van der Waals surface area (Å²) >= 11 is 0. The molecule has 0 fully saturated rings. The number of benzene rings is 2. The summed E-state index contributed by atoms with van der Waals surface area (Å²) in [7, 11) is 0. The maximum atomic E-state index is 13.3. The van der Waals surface area contributed by atoms with Crippen LogP contribution >= 0.6 is 0 Å². The zero-order valence-corrected chi connectivity index (χ0v) is 11.9. The number of fused-ring (bicyclic) bond motifs is 1. The van der Waals surface area contributed by atoms with Gasteiger partial charge in [-0.1, -0.05) is 30.3 Å². The van der Waals surface area contributed by atoms with E-state index in [-0.39, 0.29) is 17.5 Å². The van der Waals surface area contributed by atoms with E-state index in [4.69, 9.17) is 0 Å². The molecule has 1 aliphatic rings. The third kappa shape index (κ3) is 2.59. The smallest absolute Gasteiger partial charge is 0.327 e. The second-order valence-corrected chi connectivity index (χ2v) is 5.21. The number of carbonyl (C=O) groups excluding carboxylic acids is 2. The molecule has 0 aromatic heterocycles. The van der Waals surface area contributed by atoms with Crippen LogP contribution < -0.4 is 0 Å². The van der Waals surface area contributed by atoms with Crippen LogP contribution in [0.1, 0.15) is 26.3 Å². The lowest BCUT2D eigenvalue weighted by Crippen LogP contribution is -2.46. The van der Waals surface area contributed by atoms with E-state index in [1.54, 1.807) is 30.3 Å². The highest BCUT2D eigenvalue weighted by Crippen LogP contribution is 2.26. The first-order valence-corrected chi connectivity index (χ1v) is 6.93. The maximum Gasteiger partial charge on any atom is 0.327 e. The van der Waals surface area contributed by atoms with Crippen LogP contribution in [-0.2, 0) is 11.2 Å². The molecule has 0 spiro atoms. The predicted molar refractivity (Wildman–Crippen MR) is 78.5 cm³/mol. The molecule has 1 N–H and O–H groups in total. The van der Waals surface area contributed by atoms with E-state index in [1.165, 1.54) is 6.07 Å². The first-order valence-electron chi connectivity index (χ1n) is 6.93. The average molecular weight is 313 g/mol. The number of imide groups is 1. The quantitative estimate of drug-likeness (QED) is 0.877. The zero-order valence-electron chi connectivity index (χ0n) is 11.9. The third-order valence-corrected chi connectivity index (χ3v) is 3.75. The van der Waals surface area contributed by atoms with Crippen molar-refractivity contribution < 1.29 is 23.9 Å². The van der Waals surface area contributed by atoms with Crippen LogP contribution in [0, 0.1) is 5.82 Å². The van der Waals surface area contributed by atoms with Gasteiger partial charge in [0.25, 0.3) is 11.8 Å². The number of carboxylic acids is 1. The minimum atomic E-state index is -1.34. The van der Waals surface area contributed by atoms with Crippen molar-refractivity contribution in [3.05, 3.63) is 71.0 Å². The van der Waals surface area contributed by atoms with Gasteiger partial charge in [-0.15, -0.1) is 0 Å². The van der Waals surface area contributed by atoms with E-state index in [0.717, 1.165) is 12.1 Å². The van der Waals surface area contributed by atoms with Gasteiger partial charge in [0.15, 0.2) is 0 Å². The number of rotatable bonds is 4. The largest absolute Gasteiger partial charge is 0.480 e. The minimum absolute atomic E-state index is 0.00980. The molecule has 0 bridgehead atoms. The van der Waals surface area contributed by atoms with Crippen LogP contribution in [0.3, 0.4) is 0 Å². The second-order valence-electron chi connectivity index (χ2n) is 5.21. The number of carbonyl (C=O) groups is 3. The molecule has 3 rings (SSSR count). The Balaban J connectivity index is 1.97. The van der Waals surface area contributed by atoms with E-state index in [0.29, 0.717) is 10.5 Å². The van der Waals surface area contributed by atoms with E-state index in [1.807, 2.05) is 0 Å². The monoisotopic (exact) mass is 313 g/mol.